The molecular formula is C17H23FN4S. The second kappa shape index (κ2) is 7.49. The first-order valence-electron chi connectivity index (χ1n) is 8.00. The van der Waals surface area contributed by atoms with Gasteiger partial charge in [-0.1, -0.05) is 12.1 Å². The molecule has 2 aromatic rings. The molecule has 0 radical (unpaired) electrons. The topological polar surface area (TPSA) is 40.2 Å². The number of benzene rings is 1. The standard InChI is InChI=1S/C17H23FN4S/c1-12(20-10-13-9-19-7-8-22(13)2)16-11-23-17(21-16)14-5-3-4-6-15(14)18/h3-6,11-13,19-20H,7-10H2,1-2H3. The molecule has 1 aromatic heterocycles. The van der Waals surface area contributed by atoms with E-state index in [-0.39, 0.29) is 11.9 Å². The van der Waals surface area contributed by atoms with Crippen LogP contribution in [0.15, 0.2) is 29.6 Å². The maximum Gasteiger partial charge on any atom is 0.133 e. The van der Waals surface area contributed by atoms with E-state index in [0.29, 0.717) is 11.6 Å². The number of nitrogens with one attached hydrogen (secondary N) is 2. The highest BCUT2D eigenvalue weighted by Gasteiger charge is 2.20. The van der Waals surface area contributed by atoms with Gasteiger partial charge in [0.25, 0.3) is 0 Å². The van der Waals surface area contributed by atoms with Gasteiger partial charge in [0.1, 0.15) is 10.8 Å². The summed E-state index contributed by atoms with van der Waals surface area (Å²) < 4.78 is 13.9. The second-order valence-electron chi connectivity index (χ2n) is 6.03. The summed E-state index contributed by atoms with van der Waals surface area (Å²) in [5, 5.41) is 9.73. The van der Waals surface area contributed by atoms with Crippen LogP contribution in [0.5, 0.6) is 0 Å². The monoisotopic (exact) mass is 334 g/mol. The number of rotatable bonds is 5. The van der Waals surface area contributed by atoms with Crippen molar-refractivity contribution in [2.45, 2.75) is 19.0 Å². The molecule has 6 heteroatoms. The van der Waals surface area contributed by atoms with Gasteiger partial charge in [-0.25, -0.2) is 9.37 Å². The van der Waals surface area contributed by atoms with E-state index in [2.05, 4.69) is 34.5 Å². The molecule has 0 spiro atoms. The van der Waals surface area contributed by atoms with Gasteiger partial charge < -0.3 is 10.6 Å². The van der Waals surface area contributed by atoms with Crippen molar-refractivity contribution in [3.05, 3.63) is 41.2 Å². The summed E-state index contributed by atoms with van der Waals surface area (Å²) in [6, 6.07) is 7.44. The van der Waals surface area contributed by atoms with Gasteiger partial charge in [-0.3, -0.25) is 4.90 Å². The number of halogens is 1. The van der Waals surface area contributed by atoms with E-state index in [1.54, 1.807) is 12.1 Å². The third-order valence-corrected chi connectivity index (χ3v) is 5.27. The van der Waals surface area contributed by atoms with Gasteiger partial charge in [0.05, 0.1) is 5.69 Å². The van der Waals surface area contributed by atoms with E-state index >= 15 is 0 Å². The van der Waals surface area contributed by atoms with Crippen LogP contribution in [0.2, 0.25) is 0 Å². The molecule has 0 amide bonds. The van der Waals surface area contributed by atoms with Gasteiger partial charge in [-0.2, -0.15) is 0 Å². The van der Waals surface area contributed by atoms with Crippen LogP contribution in [0.3, 0.4) is 0 Å². The molecule has 1 aromatic carbocycles. The Hall–Kier alpha value is -1.34. The summed E-state index contributed by atoms with van der Waals surface area (Å²) in [4.78, 5) is 6.99. The van der Waals surface area contributed by atoms with Gasteiger partial charge in [-0.15, -0.1) is 11.3 Å². The van der Waals surface area contributed by atoms with E-state index in [4.69, 9.17) is 0 Å². The van der Waals surface area contributed by atoms with Crippen LogP contribution in [0, 0.1) is 5.82 Å². The number of hydrogen-bond acceptors (Lipinski definition) is 5. The average molecular weight is 334 g/mol. The van der Waals surface area contributed by atoms with Crippen molar-refractivity contribution in [2.75, 3.05) is 33.2 Å². The zero-order chi connectivity index (χ0) is 16.2. The van der Waals surface area contributed by atoms with Crippen molar-refractivity contribution in [1.82, 2.24) is 20.5 Å². The SMILES string of the molecule is CC(NCC1CNCCN1C)c1csc(-c2ccccc2F)n1. The lowest BCUT2D eigenvalue weighted by Gasteiger charge is -2.33. The van der Waals surface area contributed by atoms with Gasteiger partial charge in [0.2, 0.25) is 0 Å². The summed E-state index contributed by atoms with van der Waals surface area (Å²) in [5.74, 6) is -0.219. The van der Waals surface area contributed by atoms with Crippen molar-refractivity contribution in [3.8, 4) is 10.6 Å². The van der Waals surface area contributed by atoms with Crippen molar-refractivity contribution in [3.63, 3.8) is 0 Å². The lowest BCUT2D eigenvalue weighted by Crippen LogP contribution is -2.53. The first-order valence-corrected chi connectivity index (χ1v) is 8.88. The second-order valence-corrected chi connectivity index (χ2v) is 6.88. The zero-order valence-electron chi connectivity index (χ0n) is 13.6. The summed E-state index contributed by atoms with van der Waals surface area (Å²) in [6.45, 7) is 6.16. The molecule has 23 heavy (non-hydrogen) atoms. The first kappa shape index (κ1) is 16.5. The van der Waals surface area contributed by atoms with E-state index in [1.807, 2.05) is 11.4 Å². The largest absolute Gasteiger partial charge is 0.314 e. The molecule has 3 rings (SSSR count). The normalized spacial score (nSPS) is 20.6. The highest BCUT2D eigenvalue weighted by Crippen LogP contribution is 2.28. The Morgan fingerprint density at radius 2 is 2.30 bits per heavy atom. The molecule has 1 aliphatic heterocycles. The molecule has 4 nitrogen and oxygen atoms in total. The number of thiazole rings is 1. The van der Waals surface area contributed by atoms with Crippen molar-refractivity contribution < 1.29 is 4.39 Å². The summed E-state index contributed by atoms with van der Waals surface area (Å²) in [5.41, 5.74) is 1.55. The fourth-order valence-electron chi connectivity index (χ4n) is 2.75. The molecule has 0 aliphatic carbocycles. The Morgan fingerprint density at radius 3 is 3.09 bits per heavy atom. The third-order valence-electron chi connectivity index (χ3n) is 4.37. The Bertz CT molecular complexity index is 645. The minimum atomic E-state index is -0.219. The summed E-state index contributed by atoms with van der Waals surface area (Å²) in [6.07, 6.45) is 0. The molecular weight excluding hydrogens is 311 g/mol. The number of piperazine rings is 1. The van der Waals surface area contributed by atoms with Crippen LogP contribution >= 0.6 is 11.3 Å². The fraction of sp³-hybridized carbons (Fsp3) is 0.471. The van der Waals surface area contributed by atoms with Crippen molar-refractivity contribution in [1.29, 1.82) is 0 Å². The van der Waals surface area contributed by atoms with Crippen LogP contribution in [-0.2, 0) is 0 Å². The molecule has 2 atom stereocenters. The van der Waals surface area contributed by atoms with Crippen LogP contribution in [0.1, 0.15) is 18.7 Å². The van der Waals surface area contributed by atoms with E-state index in [0.717, 1.165) is 36.9 Å². The van der Waals surface area contributed by atoms with Crippen molar-refractivity contribution >= 4 is 11.3 Å². The Balaban J connectivity index is 1.62. The average Bonchev–Trinajstić information content (AvgIpc) is 3.04. The summed E-state index contributed by atoms with van der Waals surface area (Å²) >= 11 is 1.49. The lowest BCUT2D eigenvalue weighted by molar-refractivity contribution is 0.192. The molecule has 1 aliphatic rings. The molecule has 2 N–H and O–H groups in total. The van der Waals surface area contributed by atoms with Crippen LogP contribution in [0.4, 0.5) is 4.39 Å². The predicted molar refractivity (Wildman–Crippen MR) is 93.2 cm³/mol. The molecule has 0 saturated carbocycles. The van der Waals surface area contributed by atoms with Crippen LogP contribution in [-0.4, -0.2) is 49.2 Å². The van der Waals surface area contributed by atoms with Crippen molar-refractivity contribution in [2.24, 2.45) is 0 Å². The van der Waals surface area contributed by atoms with E-state index in [1.165, 1.54) is 17.4 Å². The molecule has 1 saturated heterocycles. The molecule has 1 fully saturated rings. The highest BCUT2D eigenvalue weighted by molar-refractivity contribution is 7.13. The third kappa shape index (κ3) is 3.95. The number of hydrogen-bond donors (Lipinski definition) is 2. The lowest BCUT2D eigenvalue weighted by atomic mass is 10.2. The Labute approximate surface area is 140 Å². The van der Waals surface area contributed by atoms with E-state index in [9.17, 15) is 4.39 Å². The van der Waals surface area contributed by atoms with Gasteiger partial charge in [0, 0.05) is 49.2 Å². The first-order chi connectivity index (χ1) is 11.1. The Kier molecular flexibility index (Phi) is 5.38. The minimum Gasteiger partial charge on any atom is -0.314 e. The zero-order valence-corrected chi connectivity index (χ0v) is 14.4. The van der Waals surface area contributed by atoms with Gasteiger partial charge in [-0.05, 0) is 26.1 Å². The summed E-state index contributed by atoms with van der Waals surface area (Å²) in [7, 11) is 2.16. The number of aromatic nitrogens is 1. The smallest absolute Gasteiger partial charge is 0.133 e. The van der Waals surface area contributed by atoms with Crippen LogP contribution in [0.25, 0.3) is 10.6 Å². The highest BCUT2D eigenvalue weighted by atomic mass is 32.1. The number of likely N-dealkylation sites (N-methyl/N-ethyl adjacent to an activating group) is 1. The Morgan fingerprint density at radius 1 is 1.48 bits per heavy atom. The maximum atomic E-state index is 13.9. The van der Waals surface area contributed by atoms with Gasteiger partial charge in [0.15, 0.2) is 0 Å². The fourth-order valence-corrected chi connectivity index (χ4v) is 3.69. The van der Waals surface area contributed by atoms with Crippen LogP contribution < -0.4 is 10.6 Å². The number of nitrogens with zero attached hydrogens (tertiary/aromatic N) is 2. The minimum absolute atomic E-state index is 0.155. The maximum absolute atomic E-state index is 13.9. The predicted octanol–water partition coefficient (Wildman–Crippen LogP) is 2.50. The molecule has 124 valence electrons. The quantitative estimate of drug-likeness (QED) is 0.881. The van der Waals surface area contributed by atoms with Gasteiger partial charge >= 0.3 is 0 Å². The van der Waals surface area contributed by atoms with E-state index < -0.39 is 0 Å². The molecule has 0 bridgehead atoms. The molecule has 2 heterocycles. The molecule has 2 unspecified atom stereocenters.